The number of fused-ring (bicyclic) bond motifs is 1. The topological polar surface area (TPSA) is 97.3 Å². The first-order valence-electron chi connectivity index (χ1n) is 11.1. The van der Waals surface area contributed by atoms with Gasteiger partial charge in [0.05, 0.1) is 15.7 Å². The Labute approximate surface area is 215 Å². The van der Waals surface area contributed by atoms with Gasteiger partial charge in [0.15, 0.2) is 5.75 Å². The molecule has 0 aliphatic carbocycles. The summed E-state index contributed by atoms with van der Waals surface area (Å²) in [5.74, 6) is 0.649. The van der Waals surface area contributed by atoms with Gasteiger partial charge in [-0.05, 0) is 54.8 Å². The standard InChI is InChI=1S/C26H20Cl2N4O4/c1-15-3-2-4-16(9-15)14-31-8-7-17-10-19(5-6-20(17)25(31)34)36-24-21(27)11-18(12-22(24)28)32-26(35)30-23(33)13-29-32/h2-6,9-13H,7-8,14H2,1H3,(H,30,33,35). The van der Waals surface area contributed by atoms with Crippen LogP contribution in [0.25, 0.3) is 5.69 Å². The normalized spacial score (nSPS) is 13.0. The fourth-order valence-electron chi connectivity index (χ4n) is 4.18. The second-order valence-corrected chi connectivity index (χ2v) is 9.29. The number of hydrogen-bond donors (Lipinski definition) is 1. The van der Waals surface area contributed by atoms with Gasteiger partial charge in [-0.1, -0.05) is 53.0 Å². The van der Waals surface area contributed by atoms with Crippen molar-refractivity contribution in [3.63, 3.8) is 0 Å². The summed E-state index contributed by atoms with van der Waals surface area (Å²) in [4.78, 5) is 40.4. The van der Waals surface area contributed by atoms with Crippen molar-refractivity contribution in [2.45, 2.75) is 19.9 Å². The summed E-state index contributed by atoms with van der Waals surface area (Å²) in [6.07, 6.45) is 1.66. The molecule has 1 aromatic heterocycles. The molecular formula is C26H20Cl2N4O4. The Bertz CT molecular complexity index is 1590. The molecule has 0 bridgehead atoms. The number of benzene rings is 3. The largest absolute Gasteiger partial charge is 0.454 e. The Morgan fingerprint density at radius 1 is 1.03 bits per heavy atom. The smallest absolute Gasteiger partial charge is 0.349 e. The third kappa shape index (κ3) is 4.78. The van der Waals surface area contributed by atoms with Crippen molar-refractivity contribution in [2.75, 3.05) is 6.54 Å². The molecule has 1 amide bonds. The predicted octanol–water partition coefficient (Wildman–Crippen LogP) is 4.53. The highest BCUT2D eigenvalue weighted by Gasteiger charge is 2.25. The van der Waals surface area contributed by atoms with Gasteiger partial charge < -0.3 is 9.64 Å². The van der Waals surface area contributed by atoms with Crippen LogP contribution in [0.3, 0.4) is 0 Å². The van der Waals surface area contributed by atoms with Gasteiger partial charge >= 0.3 is 5.69 Å². The van der Waals surface area contributed by atoms with Crippen molar-refractivity contribution in [2.24, 2.45) is 0 Å². The van der Waals surface area contributed by atoms with E-state index in [9.17, 15) is 14.4 Å². The van der Waals surface area contributed by atoms with E-state index in [1.165, 1.54) is 12.1 Å². The summed E-state index contributed by atoms with van der Waals surface area (Å²) in [6.45, 7) is 3.19. The van der Waals surface area contributed by atoms with Gasteiger partial charge in [0, 0.05) is 18.7 Å². The van der Waals surface area contributed by atoms with E-state index in [4.69, 9.17) is 27.9 Å². The molecule has 4 aromatic rings. The van der Waals surface area contributed by atoms with Crippen LogP contribution in [0.4, 0.5) is 0 Å². The van der Waals surface area contributed by atoms with E-state index < -0.39 is 11.2 Å². The average molecular weight is 523 g/mol. The number of hydrogen-bond acceptors (Lipinski definition) is 5. The molecule has 0 fully saturated rings. The number of ether oxygens (including phenoxy) is 1. The average Bonchev–Trinajstić information content (AvgIpc) is 2.83. The molecule has 3 aromatic carbocycles. The van der Waals surface area contributed by atoms with Crippen LogP contribution in [0.2, 0.25) is 10.0 Å². The maximum absolute atomic E-state index is 13.1. The number of halogens is 2. The molecule has 5 rings (SSSR count). The lowest BCUT2D eigenvalue weighted by Crippen LogP contribution is -2.37. The van der Waals surface area contributed by atoms with Crippen LogP contribution in [0, 0.1) is 6.92 Å². The molecular weight excluding hydrogens is 503 g/mol. The van der Waals surface area contributed by atoms with E-state index in [2.05, 4.69) is 16.1 Å². The van der Waals surface area contributed by atoms with Crippen molar-refractivity contribution in [3.05, 3.63) is 114 Å². The summed E-state index contributed by atoms with van der Waals surface area (Å²) in [5.41, 5.74) is 2.70. The molecule has 0 atom stereocenters. The van der Waals surface area contributed by atoms with Gasteiger partial charge in [-0.25, -0.2) is 4.79 Å². The minimum atomic E-state index is -0.723. The predicted molar refractivity (Wildman–Crippen MR) is 137 cm³/mol. The molecule has 10 heteroatoms. The molecule has 1 aliphatic rings. The number of nitrogens with one attached hydrogen (secondary N) is 1. The number of rotatable bonds is 5. The Morgan fingerprint density at radius 3 is 2.53 bits per heavy atom. The van der Waals surface area contributed by atoms with Crippen LogP contribution in [0.1, 0.15) is 27.0 Å². The molecule has 0 unspecified atom stereocenters. The Balaban J connectivity index is 1.37. The molecule has 36 heavy (non-hydrogen) atoms. The highest BCUT2D eigenvalue weighted by molar-refractivity contribution is 6.37. The van der Waals surface area contributed by atoms with Gasteiger partial charge in [0.2, 0.25) is 0 Å². The number of nitrogens with zero attached hydrogens (tertiary/aromatic N) is 3. The third-order valence-corrected chi connectivity index (χ3v) is 6.42. The SMILES string of the molecule is Cc1cccc(CN2CCc3cc(Oc4c(Cl)cc(-n5ncc(=O)[nH]c5=O)cc4Cl)ccc3C2=O)c1. The van der Waals surface area contributed by atoms with Gasteiger partial charge in [0.25, 0.3) is 11.5 Å². The number of aromatic nitrogens is 3. The molecule has 8 nitrogen and oxygen atoms in total. The summed E-state index contributed by atoms with van der Waals surface area (Å²) < 4.78 is 6.93. The second-order valence-electron chi connectivity index (χ2n) is 8.48. The number of aromatic amines is 1. The van der Waals surface area contributed by atoms with Crippen molar-refractivity contribution in [1.82, 2.24) is 19.7 Å². The van der Waals surface area contributed by atoms with E-state index in [0.717, 1.165) is 27.6 Å². The van der Waals surface area contributed by atoms with Crippen molar-refractivity contribution < 1.29 is 9.53 Å². The van der Waals surface area contributed by atoms with Crippen molar-refractivity contribution >= 4 is 29.1 Å². The molecule has 1 aliphatic heterocycles. The van der Waals surface area contributed by atoms with Crippen LogP contribution in [0.15, 0.2) is 70.4 Å². The number of carbonyl (C=O) groups excluding carboxylic acids is 1. The molecule has 0 saturated carbocycles. The van der Waals surface area contributed by atoms with Gasteiger partial charge in [-0.15, -0.1) is 0 Å². The van der Waals surface area contributed by atoms with E-state index in [1.54, 1.807) is 12.1 Å². The number of aryl methyl sites for hydroxylation is 1. The van der Waals surface area contributed by atoms with Crippen LogP contribution in [-0.4, -0.2) is 32.1 Å². The zero-order chi connectivity index (χ0) is 25.4. The van der Waals surface area contributed by atoms with E-state index in [1.807, 2.05) is 36.1 Å². The highest BCUT2D eigenvalue weighted by Crippen LogP contribution is 2.38. The van der Waals surface area contributed by atoms with E-state index in [-0.39, 0.29) is 27.4 Å². The molecule has 2 heterocycles. The second kappa shape index (κ2) is 9.64. The van der Waals surface area contributed by atoms with E-state index in [0.29, 0.717) is 30.8 Å². The minimum Gasteiger partial charge on any atom is -0.454 e. The number of carbonyl (C=O) groups is 1. The third-order valence-electron chi connectivity index (χ3n) is 5.86. The fourth-order valence-corrected chi connectivity index (χ4v) is 4.73. The molecule has 0 radical (unpaired) electrons. The first-order chi connectivity index (χ1) is 17.3. The maximum Gasteiger partial charge on any atom is 0.349 e. The maximum atomic E-state index is 13.1. The van der Waals surface area contributed by atoms with Crippen LogP contribution >= 0.6 is 23.2 Å². The zero-order valence-corrected chi connectivity index (χ0v) is 20.6. The quantitative estimate of drug-likeness (QED) is 0.415. The summed E-state index contributed by atoms with van der Waals surface area (Å²) in [6, 6.07) is 16.3. The summed E-state index contributed by atoms with van der Waals surface area (Å²) >= 11 is 12.8. The number of H-pyrrole nitrogens is 1. The molecule has 182 valence electrons. The van der Waals surface area contributed by atoms with E-state index >= 15 is 0 Å². The first-order valence-corrected chi connectivity index (χ1v) is 11.9. The zero-order valence-electron chi connectivity index (χ0n) is 19.1. The highest BCUT2D eigenvalue weighted by atomic mass is 35.5. The Hall–Kier alpha value is -3.88. The lowest BCUT2D eigenvalue weighted by molar-refractivity contribution is 0.0727. The Kier molecular flexibility index (Phi) is 6.38. The molecule has 1 N–H and O–H groups in total. The Morgan fingerprint density at radius 2 is 1.81 bits per heavy atom. The summed E-state index contributed by atoms with van der Waals surface area (Å²) in [7, 11) is 0. The lowest BCUT2D eigenvalue weighted by atomic mass is 9.98. The summed E-state index contributed by atoms with van der Waals surface area (Å²) in [5, 5.41) is 4.10. The van der Waals surface area contributed by atoms with Gasteiger partial charge in [-0.3, -0.25) is 14.6 Å². The van der Waals surface area contributed by atoms with Crippen molar-refractivity contribution in [1.29, 1.82) is 0 Å². The minimum absolute atomic E-state index is 0.0245. The van der Waals surface area contributed by atoms with Gasteiger partial charge in [-0.2, -0.15) is 9.78 Å². The fraction of sp³-hybridized carbons (Fsp3) is 0.154. The lowest BCUT2D eigenvalue weighted by Gasteiger charge is -2.29. The molecule has 0 spiro atoms. The number of amides is 1. The van der Waals surface area contributed by atoms with Gasteiger partial charge in [0.1, 0.15) is 11.9 Å². The van der Waals surface area contributed by atoms with Crippen LogP contribution in [-0.2, 0) is 13.0 Å². The molecule has 0 saturated heterocycles. The van der Waals surface area contributed by atoms with Crippen LogP contribution in [0.5, 0.6) is 11.5 Å². The monoisotopic (exact) mass is 522 g/mol. The van der Waals surface area contributed by atoms with Crippen LogP contribution < -0.4 is 16.0 Å². The first kappa shape index (κ1) is 23.8. The van der Waals surface area contributed by atoms with Crippen molar-refractivity contribution in [3.8, 4) is 17.2 Å².